The molecule has 0 radical (unpaired) electrons. The minimum atomic E-state index is 0.0750. The third-order valence-corrected chi connectivity index (χ3v) is 6.13. The van der Waals surface area contributed by atoms with Crippen LogP contribution in [0, 0.1) is 5.41 Å². The predicted octanol–water partition coefficient (Wildman–Crippen LogP) is 3.07. The molecule has 1 saturated carbocycles. The monoisotopic (exact) mass is 368 g/mol. The van der Waals surface area contributed by atoms with E-state index in [1.54, 1.807) is 0 Å². The molecule has 1 aromatic heterocycles. The summed E-state index contributed by atoms with van der Waals surface area (Å²) in [6, 6.07) is 9.97. The highest BCUT2D eigenvalue weighted by Gasteiger charge is 2.51. The highest BCUT2D eigenvalue weighted by Crippen LogP contribution is 2.52. The number of carbonyl (C=O) groups excluding carboxylic acids is 1. The minimum absolute atomic E-state index is 0.0750. The van der Waals surface area contributed by atoms with Crippen molar-refractivity contribution < 1.29 is 9.53 Å². The van der Waals surface area contributed by atoms with Crippen molar-refractivity contribution in [3.63, 3.8) is 0 Å². The Morgan fingerprint density at radius 3 is 2.78 bits per heavy atom. The third-order valence-electron chi connectivity index (χ3n) is 6.13. The lowest BCUT2D eigenvalue weighted by molar-refractivity contribution is -0.135. The molecule has 0 bridgehead atoms. The van der Waals surface area contributed by atoms with E-state index in [9.17, 15) is 4.79 Å². The van der Waals surface area contributed by atoms with Crippen LogP contribution in [0.2, 0.25) is 0 Å². The van der Waals surface area contributed by atoms with Gasteiger partial charge in [-0.25, -0.2) is 4.98 Å². The number of nitrogens with one attached hydrogen (secondary N) is 1. The first-order valence-electron chi connectivity index (χ1n) is 10.0. The average Bonchev–Trinajstić information content (AvgIpc) is 3.43. The second-order valence-corrected chi connectivity index (χ2v) is 7.87. The van der Waals surface area contributed by atoms with E-state index in [4.69, 9.17) is 4.74 Å². The number of carbonyl (C=O) groups is 1. The van der Waals surface area contributed by atoms with Crippen LogP contribution in [0.25, 0.3) is 0 Å². The van der Waals surface area contributed by atoms with Gasteiger partial charge in [-0.3, -0.25) is 9.89 Å². The van der Waals surface area contributed by atoms with Crippen LogP contribution in [0.15, 0.2) is 30.3 Å². The van der Waals surface area contributed by atoms with Gasteiger partial charge in [-0.2, -0.15) is 5.10 Å². The fourth-order valence-electron chi connectivity index (χ4n) is 4.65. The third kappa shape index (κ3) is 3.76. The van der Waals surface area contributed by atoms with Gasteiger partial charge in [0.25, 0.3) is 0 Å². The van der Waals surface area contributed by atoms with Crippen LogP contribution < -0.4 is 0 Å². The predicted molar refractivity (Wildman–Crippen MR) is 102 cm³/mol. The molecule has 144 valence electrons. The van der Waals surface area contributed by atoms with Gasteiger partial charge < -0.3 is 9.64 Å². The van der Waals surface area contributed by atoms with E-state index in [0.717, 1.165) is 43.0 Å². The van der Waals surface area contributed by atoms with E-state index in [1.165, 1.54) is 12.8 Å². The number of ether oxygens (including phenoxy) is 1. The molecule has 2 aromatic rings. The van der Waals surface area contributed by atoms with E-state index in [1.807, 2.05) is 35.2 Å². The molecule has 1 saturated heterocycles. The van der Waals surface area contributed by atoms with Crippen molar-refractivity contribution in [3.05, 3.63) is 47.5 Å². The summed E-state index contributed by atoms with van der Waals surface area (Å²) in [7, 11) is 0. The zero-order valence-corrected chi connectivity index (χ0v) is 16.0. The zero-order chi connectivity index (χ0) is 18.7. The quantitative estimate of drug-likeness (QED) is 0.851. The summed E-state index contributed by atoms with van der Waals surface area (Å²) in [5.41, 5.74) is 1.23. The number of aromatic amines is 1. The van der Waals surface area contributed by atoms with Gasteiger partial charge >= 0.3 is 0 Å². The number of amides is 1. The molecule has 1 aliphatic carbocycles. The molecule has 1 N–H and O–H groups in total. The van der Waals surface area contributed by atoms with Crippen LogP contribution in [0.1, 0.15) is 55.7 Å². The Hall–Kier alpha value is -2.21. The van der Waals surface area contributed by atoms with Crippen LogP contribution >= 0.6 is 0 Å². The summed E-state index contributed by atoms with van der Waals surface area (Å²) >= 11 is 0. The summed E-state index contributed by atoms with van der Waals surface area (Å²) < 4.78 is 5.68. The van der Waals surface area contributed by atoms with Gasteiger partial charge in [0.15, 0.2) is 5.82 Å². The number of hydrogen-bond donors (Lipinski definition) is 1. The summed E-state index contributed by atoms with van der Waals surface area (Å²) in [4.78, 5) is 19.4. The number of benzene rings is 1. The maximum Gasteiger partial charge on any atom is 0.248 e. The Balaban J connectivity index is 1.40. The molecule has 6 nitrogen and oxygen atoms in total. The van der Waals surface area contributed by atoms with Crippen molar-refractivity contribution in [2.24, 2.45) is 5.41 Å². The summed E-state index contributed by atoms with van der Waals surface area (Å²) in [5, 5.41) is 7.52. The van der Waals surface area contributed by atoms with Gasteiger partial charge in [-0.05, 0) is 23.8 Å². The Morgan fingerprint density at radius 2 is 2.07 bits per heavy atom. The summed E-state index contributed by atoms with van der Waals surface area (Å²) in [6.07, 6.45) is 5.62. The Kier molecular flexibility index (Phi) is 5.25. The lowest BCUT2D eigenvalue weighted by Gasteiger charge is -2.27. The maximum atomic E-state index is 12.8. The number of hydrogen-bond acceptors (Lipinski definition) is 4. The molecular weight excluding hydrogens is 340 g/mol. The largest absolute Gasteiger partial charge is 0.367 e. The molecule has 1 spiro atoms. The Bertz CT molecular complexity index is 767. The molecule has 1 aliphatic heterocycles. The fourth-order valence-corrected chi connectivity index (χ4v) is 4.65. The lowest BCUT2D eigenvalue weighted by Crippen LogP contribution is -2.33. The van der Waals surface area contributed by atoms with E-state index < -0.39 is 0 Å². The van der Waals surface area contributed by atoms with Gasteiger partial charge in [0.1, 0.15) is 12.4 Å². The first-order valence-corrected chi connectivity index (χ1v) is 10.0. The fraction of sp³-hybridized carbons (Fsp3) is 0.571. The molecule has 6 heteroatoms. The van der Waals surface area contributed by atoms with Gasteiger partial charge in [-0.1, -0.05) is 50.1 Å². The standard InChI is InChI=1S/C21H28N4O2/c1-2-18-22-20(24-23-18)17-12-25(15-21(17)10-6-7-11-21)19(26)14-27-13-16-8-4-3-5-9-16/h3-5,8-9,17H,2,6-7,10-15H2,1H3,(H,22,23,24). The Labute approximate surface area is 160 Å². The summed E-state index contributed by atoms with van der Waals surface area (Å²) in [5.74, 6) is 2.11. The lowest BCUT2D eigenvalue weighted by atomic mass is 9.76. The molecule has 4 rings (SSSR count). The van der Waals surface area contributed by atoms with Gasteiger partial charge in [-0.15, -0.1) is 0 Å². The van der Waals surface area contributed by atoms with Crippen LogP contribution in [0.4, 0.5) is 0 Å². The molecule has 2 aliphatic rings. The number of nitrogens with zero attached hydrogens (tertiary/aromatic N) is 3. The van der Waals surface area contributed by atoms with Crippen LogP contribution in [0.3, 0.4) is 0 Å². The molecule has 1 amide bonds. The second-order valence-electron chi connectivity index (χ2n) is 7.87. The number of H-pyrrole nitrogens is 1. The molecule has 2 fully saturated rings. The highest BCUT2D eigenvalue weighted by molar-refractivity contribution is 5.78. The van der Waals surface area contributed by atoms with Crippen molar-refractivity contribution in [3.8, 4) is 0 Å². The van der Waals surface area contributed by atoms with Crippen LogP contribution in [0.5, 0.6) is 0 Å². The van der Waals surface area contributed by atoms with Gasteiger partial charge in [0, 0.05) is 25.4 Å². The maximum absolute atomic E-state index is 12.8. The van der Waals surface area contributed by atoms with Crippen molar-refractivity contribution in [2.75, 3.05) is 19.7 Å². The van der Waals surface area contributed by atoms with E-state index in [-0.39, 0.29) is 23.8 Å². The molecule has 1 atom stereocenters. The SMILES string of the molecule is CCc1nc(C2CN(C(=O)COCc3ccccc3)CC23CCCC3)n[nH]1. The number of rotatable bonds is 6. The Morgan fingerprint density at radius 1 is 1.30 bits per heavy atom. The van der Waals surface area contributed by atoms with Crippen molar-refractivity contribution in [2.45, 2.75) is 51.6 Å². The van der Waals surface area contributed by atoms with Crippen LogP contribution in [-0.4, -0.2) is 45.7 Å². The van der Waals surface area contributed by atoms with E-state index in [2.05, 4.69) is 22.1 Å². The van der Waals surface area contributed by atoms with E-state index >= 15 is 0 Å². The van der Waals surface area contributed by atoms with Crippen molar-refractivity contribution in [1.29, 1.82) is 0 Å². The first kappa shape index (κ1) is 18.2. The smallest absolute Gasteiger partial charge is 0.248 e. The van der Waals surface area contributed by atoms with Crippen LogP contribution in [-0.2, 0) is 22.6 Å². The molecule has 1 aromatic carbocycles. The number of aryl methyl sites for hydroxylation is 1. The van der Waals surface area contributed by atoms with Gasteiger partial charge in [0.2, 0.25) is 5.91 Å². The molecule has 1 unspecified atom stereocenters. The molecule has 27 heavy (non-hydrogen) atoms. The summed E-state index contributed by atoms with van der Waals surface area (Å²) in [6.45, 7) is 4.18. The van der Waals surface area contributed by atoms with Crippen molar-refractivity contribution in [1.82, 2.24) is 20.1 Å². The first-order chi connectivity index (χ1) is 13.2. The topological polar surface area (TPSA) is 71.1 Å². The van der Waals surface area contributed by atoms with E-state index in [0.29, 0.717) is 13.2 Å². The normalized spacial score (nSPS) is 21.2. The highest BCUT2D eigenvalue weighted by atomic mass is 16.5. The number of aromatic nitrogens is 3. The molecule has 2 heterocycles. The number of likely N-dealkylation sites (tertiary alicyclic amines) is 1. The second kappa shape index (κ2) is 7.80. The zero-order valence-electron chi connectivity index (χ0n) is 16.0. The van der Waals surface area contributed by atoms with Crippen molar-refractivity contribution >= 4 is 5.91 Å². The minimum Gasteiger partial charge on any atom is -0.367 e. The average molecular weight is 368 g/mol. The van der Waals surface area contributed by atoms with Gasteiger partial charge in [0.05, 0.1) is 6.61 Å². The molecular formula is C21H28N4O2.